The Morgan fingerprint density at radius 1 is 0.750 bits per heavy atom. The molecule has 0 aromatic carbocycles. The Morgan fingerprint density at radius 2 is 1.04 bits per heavy atom. The Balaban J connectivity index is 0.00000364. The molecule has 0 saturated heterocycles. The largest absolute Gasteiger partial charge is 0.147 e. The van der Waals surface area contributed by atoms with E-state index in [1.165, 1.54) is 25.7 Å². The van der Waals surface area contributed by atoms with Crippen molar-refractivity contribution in [1.29, 1.82) is 0 Å². The number of hydrogen-bond donors (Lipinski definition) is 0. The first-order chi connectivity index (χ1) is 11.6. The van der Waals surface area contributed by atoms with Gasteiger partial charge in [0.1, 0.15) is 0 Å². The molecule has 0 radical (unpaired) electrons. The standard InChI is InChI=1S/2C10H17Si.2CH3.2ClH.H2Si.Zr/c2*1-5-9-6-7-10(8-9)11(2,3)4;;;;;;/h2*8H,5,7H2,1-4H3;2*1H3;2*1H;1H2;. The van der Waals surface area contributed by atoms with E-state index < -0.39 is 33.5 Å². The summed E-state index contributed by atoms with van der Waals surface area (Å²) in [5.74, 6) is 0. The number of halogens is 2. The summed E-state index contributed by atoms with van der Waals surface area (Å²) in [6.07, 6.45) is 10.3. The second-order valence-corrected chi connectivity index (χ2v) is 50.6. The predicted octanol–water partition coefficient (Wildman–Crippen LogP) is 7.91. The van der Waals surface area contributed by atoms with Crippen LogP contribution in [0, 0.1) is 0 Å². The van der Waals surface area contributed by atoms with E-state index in [4.69, 9.17) is 0 Å². The summed E-state index contributed by atoms with van der Waals surface area (Å²) in [4.78, 5) is 0. The molecule has 28 heavy (non-hydrogen) atoms. The van der Waals surface area contributed by atoms with Gasteiger partial charge >= 0.3 is 169 Å². The van der Waals surface area contributed by atoms with Crippen molar-refractivity contribution in [3.63, 3.8) is 0 Å². The summed E-state index contributed by atoms with van der Waals surface area (Å²) in [6, 6.07) is 0. The molecular weight excluding hydrogens is 511 g/mol. The average molecular weight is 555 g/mol. The molecule has 0 bridgehead atoms. The molecule has 0 amide bonds. The van der Waals surface area contributed by atoms with Crippen molar-refractivity contribution in [3.05, 3.63) is 40.3 Å². The Kier molecular flexibility index (Phi) is 9.64. The molecule has 0 saturated carbocycles. The monoisotopic (exact) mass is 552 g/mol. The minimum atomic E-state index is -3.09. The number of hydrogen-bond acceptors (Lipinski definition) is 0. The van der Waals surface area contributed by atoms with E-state index in [-0.39, 0.29) is 24.8 Å². The van der Waals surface area contributed by atoms with Gasteiger partial charge in [-0.05, 0) is 0 Å². The molecule has 0 aromatic heterocycles. The fourth-order valence-corrected chi connectivity index (χ4v) is 23.2. The molecule has 0 aromatic rings. The van der Waals surface area contributed by atoms with Crippen LogP contribution in [0.3, 0.4) is 0 Å². The maximum absolute atomic E-state index is 3.09. The van der Waals surface area contributed by atoms with Gasteiger partial charge in [0.2, 0.25) is 0 Å². The SMILES string of the molecule is CCC1=[C]([Zr]([CH3])([CH3])(=[SiH2])[C]2=C(CC)C=C([Si](C)(C)C)C2)CC([Si](C)(C)C)=C1.Cl.Cl. The normalized spacial score (nSPS) is 18.7. The maximum Gasteiger partial charge on any atom is -0.147 e. The minimum Gasteiger partial charge on any atom is -0.147 e. The van der Waals surface area contributed by atoms with E-state index in [2.05, 4.69) is 81.4 Å². The Morgan fingerprint density at radius 3 is 1.25 bits per heavy atom. The zero-order valence-electron chi connectivity index (χ0n) is 20.0. The number of allylic oxidation sites excluding steroid dienone is 8. The van der Waals surface area contributed by atoms with Crippen LogP contribution in [0.5, 0.6) is 0 Å². The van der Waals surface area contributed by atoms with Crippen LogP contribution in [0.1, 0.15) is 39.5 Å². The minimum absolute atomic E-state index is 0. The fourth-order valence-electron chi connectivity index (χ4n) is 4.68. The molecule has 0 spiro atoms. The zero-order valence-corrected chi connectivity index (χ0v) is 27.5. The second-order valence-electron chi connectivity index (χ2n) is 11.6. The number of rotatable bonds is 6. The summed E-state index contributed by atoms with van der Waals surface area (Å²) >= 11 is -3.09. The zero-order chi connectivity index (χ0) is 20.2. The topological polar surface area (TPSA) is 0 Å². The third-order valence-corrected chi connectivity index (χ3v) is 28.3. The van der Waals surface area contributed by atoms with E-state index in [9.17, 15) is 0 Å². The van der Waals surface area contributed by atoms with Crippen molar-refractivity contribution in [3.8, 4) is 0 Å². The van der Waals surface area contributed by atoms with Crippen LogP contribution < -0.4 is 0 Å². The summed E-state index contributed by atoms with van der Waals surface area (Å²) in [5.41, 5.74) is 3.44. The van der Waals surface area contributed by atoms with E-state index in [1.54, 1.807) is 21.5 Å². The molecule has 2 aliphatic carbocycles. The molecule has 0 atom stereocenters. The molecule has 162 valence electrons. The van der Waals surface area contributed by atoms with E-state index >= 15 is 0 Å². The first-order valence-corrected chi connectivity index (χ1v) is 30.8. The molecule has 0 nitrogen and oxygen atoms in total. The molecular formula is C22H44Cl2Si3Zr. The summed E-state index contributed by atoms with van der Waals surface area (Å²) < 4.78 is 9.35. The molecule has 0 heterocycles. The van der Waals surface area contributed by atoms with Gasteiger partial charge in [0, 0.05) is 0 Å². The summed E-state index contributed by atoms with van der Waals surface area (Å²) in [7, 11) is -2.42. The van der Waals surface area contributed by atoms with E-state index in [1.807, 2.05) is 6.56 Å². The van der Waals surface area contributed by atoms with E-state index in [0.29, 0.717) is 0 Å². The van der Waals surface area contributed by atoms with Gasteiger partial charge in [0.05, 0.1) is 0 Å². The van der Waals surface area contributed by atoms with Gasteiger partial charge in [-0.1, -0.05) is 0 Å². The molecule has 0 fully saturated rings. The Labute approximate surface area is 192 Å². The van der Waals surface area contributed by atoms with Crippen molar-refractivity contribution in [2.24, 2.45) is 0 Å². The van der Waals surface area contributed by atoms with E-state index in [0.717, 1.165) is 0 Å². The first-order valence-electron chi connectivity index (χ1n) is 10.5. The van der Waals surface area contributed by atoms with Crippen LogP contribution in [0.15, 0.2) is 40.3 Å². The Hall–Kier alpha value is 1.07. The average Bonchev–Trinajstić information content (AvgIpc) is 3.10. The molecule has 0 N–H and O–H groups in total. The van der Waals surface area contributed by atoms with Gasteiger partial charge in [0.25, 0.3) is 0 Å². The van der Waals surface area contributed by atoms with Crippen LogP contribution in [0.2, 0.25) is 48.5 Å². The van der Waals surface area contributed by atoms with Crippen LogP contribution in [0.25, 0.3) is 0 Å². The molecule has 0 unspecified atom stereocenters. The quantitative estimate of drug-likeness (QED) is 0.293. The molecule has 2 rings (SSSR count). The summed E-state index contributed by atoms with van der Waals surface area (Å²) in [5, 5.41) is 3.60. The van der Waals surface area contributed by atoms with Crippen molar-refractivity contribution < 1.29 is 17.4 Å². The van der Waals surface area contributed by atoms with Crippen molar-refractivity contribution in [2.45, 2.75) is 88.1 Å². The first kappa shape index (κ1) is 29.1. The third-order valence-electron chi connectivity index (χ3n) is 6.83. The second kappa shape index (κ2) is 9.29. The van der Waals surface area contributed by atoms with Crippen molar-refractivity contribution in [1.82, 2.24) is 0 Å². The van der Waals surface area contributed by atoms with Crippen molar-refractivity contribution in [2.75, 3.05) is 0 Å². The van der Waals surface area contributed by atoms with Gasteiger partial charge in [-0.3, -0.25) is 0 Å². The van der Waals surface area contributed by atoms with Crippen LogP contribution in [0.4, 0.5) is 0 Å². The molecule has 6 heteroatoms. The van der Waals surface area contributed by atoms with Gasteiger partial charge < -0.3 is 0 Å². The predicted molar refractivity (Wildman–Crippen MR) is 141 cm³/mol. The fraction of sp³-hybridized carbons (Fsp3) is 0.636. The third kappa shape index (κ3) is 5.65. The van der Waals surface area contributed by atoms with Gasteiger partial charge in [-0.15, -0.1) is 24.8 Å². The van der Waals surface area contributed by atoms with Gasteiger partial charge in [0.15, 0.2) is 0 Å². The van der Waals surface area contributed by atoms with Gasteiger partial charge in [-0.2, -0.15) is 0 Å². The van der Waals surface area contributed by atoms with Crippen molar-refractivity contribution >= 4 is 47.8 Å². The molecule has 2 aliphatic rings. The van der Waals surface area contributed by atoms with Crippen LogP contribution in [-0.4, -0.2) is 23.0 Å². The van der Waals surface area contributed by atoms with Crippen LogP contribution >= 0.6 is 24.8 Å². The smallest absolute Gasteiger partial charge is 0.147 e. The van der Waals surface area contributed by atoms with Crippen LogP contribution in [-0.2, 0) is 17.4 Å². The van der Waals surface area contributed by atoms with Gasteiger partial charge in [-0.25, -0.2) is 0 Å². The Bertz CT molecular complexity index is 748. The molecule has 0 aliphatic heterocycles. The summed E-state index contributed by atoms with van der Waals surface area (Å²) in [6.45, 7) is 22.4. The maximum atomic E-state index is 2.75.